The van der Waals surface area contributed by atoms with Crippen LogP contribution in [-0.4, -0.2) is 64.3 Å². The monoisotopic (exact) mass is 590 g/mol. The van der Waals surface area contributed by atoms with Gasteiger partial charge in [0.25, 0.3) is 5.91 Å². The van der Waals surface area contributed by atoms with E-state index in [-0.39, 0.29) is 30.7 Å². The highest BCUT2D eigenvalue weighted by Crippen LogP contribution is 2.46. The Balaban J connectivity index is 1.33. The third-order valence-electron chi connectivity index (χ3n) is 7.76. The van der Waals surface area contributed by atoms with Crippen molar-refractivity contribution in [1.29, 1.82) is 0 Å². The number of nitrogens with zero attached hydrogens (tertiary/aromatic N) is 2. The fourth-order valence-electron chi connectivity index (χ4n) is 5.40. The molecule has 2 N–H and O–H groups in total. The van der Waals surface area contributed by atoms with Crippen LogP contribution in [-0.2, 0) is 42.5 Å². The molecule has 3 aliphatic rings. The van der Waals surface area contributed by atoms with Crippen LogP contribution in [0.1, 0.15) is 42.9 Å². The van der Waals surface area contributed by atoms with Crippen LogP contribution >= 0.6 is 0 Å². The lowest BCUT2D eigenvalue weighted by Gasteiger charge is -2.31. The van der Waals surface area contributed by atoms with Crippen LogP contribution in [0.4, 0.5) is 28.0 Å². The quantitative estimate of drug-likeness (QED) is 0.478. The summed E-state index contributed by atoms with van der Waals surface area (Å²) in [5, 5.41) is 5.27. The van der Waals surface area contributed by atoms with Gasteiger partial charge in [0.15, 0.2) is 0 Å². The number of halogens is 4. The zero-order chi connectivity index (χ0) is 30.4. The van der Waals surface area contributed by atoms with Crippen LogP contribution in [0.3, 0.4) is 0 Å². The second-order valence-corrected chi connectivity index (χ2v) is 10.5. The molecule has 0 radical (unpaired) electrons. The first-order valence-electron chi connectivity index (χ1n) is 13.2. The van der Waals surface area contributed by atoms with E-state index in [1.807, 2.05) is 0 Å². The Kier molecular flexibility index (Phi) is 7.41. The average molecular weight is 591 g/mol. The molecule has 5 rings (SSSR count). The highest BCUT2D eigenvalue weighted by atomic mass is 19.4. The van der Waals surface area contributed by atoms with Gasteiger partial charge in [-0.1, -0.05) is 18.2 Å². The Morgan fingerprint density at radius 1 is 1.14 bits per heavy atom. The SMILES string of the molecule is C[C@H](N(Cc1ccc(F)cc1)C(=O)CN1C(=O)O[C@@]2(CCc3cc(NC(=O)[C@@H]4CCC(=O)N4)ccc32)C1=O)C(F)(F)F. The predicted octanol–water partition coefficient (Wildman–Crippen LogP) is 3.14. The van der Waals surface area contributed by atoms with E-state index in [0.717, 1.165) is 19.1 Å². The summed E-state index contributed by atoms with van der Waals surface area (Å²) in [6, 6.07) is 6.25. The van der Waals surface area contributed by atoms with Crippen molar-refractivity contribution in [2.45, 2.75) is 63.0 Å². The molecule has 14 heteroatoms. The Morgan fingerprint density at radius 3 is 2.50 bits per heavy atom. The number of nitrogens with one attached hydrogen (secondary N) is 2. The number of ether oxygens (including phenoxy) is 1. The Labute approximate surface area is 237 Å². The molecule has 2 aromatic carbocycles. The molecule has 1 aliphatic carbocycles. The fraction of sp³-hybridized carbons (Fsp3) is 0.393. The minimum Gasteiger partial charge on any atom is -0.427 e. The maximum absolute atomic E-state index is 13.6. The summed E-state index contributed by atoms with van der Waals surface area (Å²) in [6.07, 6.45) is -5.06. The van der Waals surface area contributed by atoms with Crippen LogP contribution in [0.15, 0.2) is 42.5 Å². The number of benzene rings is 2. The van der Waals surface area contributed by atoms with Gasteiger partial charge in [-0.3, -0.25) is 19.2 Å². The summed E-state index contributed by atoms with van der Waals surface area (Å²) in [6.45, 7) is -0.751. The van der Waals surface area contributed by atoms with Crippen LogP contribution in [0.2, 0.25) is 0 Å². The number of carbonyl (C=O) groups is 5. The lowest BCUT2D eigenvalue weighted by molar-refractivity contribution is -0.187. The van der Waals surface area contributed by atoms with Crippen molar-refractivity contribution < 1.29 is 46.3 Å². The number of rotatable bonds is 7. The van der Waals surface area contributed by atoms with Gasteiger partial charge in [0.1, 0.15) is 24.4 Å². The first-order chi connectivity index (χ1) is 19.8. The molecule has 2 heterocycles. The summed E-state index contributed by atoms with van der Waals surface area (Å²) in [5.41, 5.74) is -0.198. The maximum atomic E-state index is 13.6. The van der Waals surface area contributed by atoms with Gasteiger partial charge < -0.3 is 20.3 Å². The van der Waals surface area contributed by atoms with Crippen molar-refractivity contribution in [3.05, 3.63) is 65.0 Å². The molecule has 0 unspecified atom stereocenters. The third-order valence-corrected chi connectivity index (χ3v) is 7.76. The van der Waals surface area contributed by atoms with Crippen molar-refractivity contribution in [3.8, 4) is 0 Å². The van der Waals surface area contributed by atoms with Crippen molar-refractivity contribution in [1.82, 2.24) is 15.1 Å². The van der Waals surface area contributed by atoms with Crippen molar-refractivity contribution in [2.24, 2.45) is 0 Å². The lowest BCUT2D eigenvalue weighted by atomic mass is 9.94. The van der Waals surface area contributed by atoms with Gasteiger partial charge in [0.05, 0.1) is 0 Å². The van der Waals surface area contributed by atoms with E-state index < -0.39 is 66.6 Å². The predicted molar refractivity (Wildman–Crippen MR) is 137 cm³/mol. The zero-order valence-electron chi connectivity index (χ0n) is 22.3. The van der Waals surface area contributed by atoms with Gasteiger partial charge >= 0.3 is 12.3 Å². The molecule has 2 aromatic rings. The van der Waals surface area contributed by atoms with E-state index >= 15 is 0 Å². The van der Waals surface area contributed by atoms with Crippen LogP contribution < -0.4 is 10.6 Å². The normalized spacial score (nSPS) is 22.2. The smallest absolute Gasteiger partial charge is 0.418 e. The standard InChI is InChI=1S/C28H26F4N4O6/c1-15(28(30,31)32)35(13-16-2-4-18(29)5-3-16)23(38)14-36-25(40)27(42-26(36)41)11-10-17-12-19(6-7-20(17)27)33-24(39)21-8-9-22(37)34-21/h2-7,12,15,21H,8-11,13-14H2,1H3,(H,33,39)(H,34,37)/t15-,21-,27+/m0/s1. The Hall–Kier alpha value is -4.49. The van der Waals surface area contributed by atoms with Gasteiger partial charge in [0.2, 0.25) is 23.3 Å². The van der Waals surface area contributed by atoms with Crippen LogP contribution in [0.25, 0.3) is 0 Å². The van der Waals surface area contributed by atoms with Crippen molar-refractivity contribution in [2.75, 3.05) is 11.9 Å². The van der Waals surface area contributed by atoms with Gasteiger partial charge in [-0.25, -0.2) is 14.1 Å². The summed E-state index contributed by atoms with van der Waals surface area (Å²) < 4.78 is 59.7. The van der Waals surface area contributed by atoms with E-state index in [1.54, 1.807) is 6.07 Å². The lowest BCUT2D eigenvalue weighted by Crippen LogP contribution is -2.51. The zero-order valence-corrected chi connectivity index (χ0v) is 22.3. The molecule has 3 atom stereocenters. The number of anilines is 1. The van der Waals surface area contributed by atoms with E-state index in [9.17, 15) is 41.5 Å². The number of hydrogen-bond donors (Lipinski definition) is 2. The molecule has 2 saturated heterocycles. The van der Waals surface area contributed by atoms with Crippen molar-refractivity contribution in [3.63, 3.8) is 0 Å². The molecule has 0 bridgehead atoms. The molecule has 222 valence electrons. The summed E-state index contributed by atoms with van der Waals surface area (Å²) >= 11 is 0. The average Bonchev–Trinajstić information content (AvgIpc) is 3.60. The molecular weight excluding hydrogens is 564 g/mol. The molecule has 2 fully saturated rings. The molecule has 1 spiro atoms. The van der Waals surface area contributed by atoms with E-state index in [1.165, 1.54) is 24.3 Å². The van der Waals surface area contributed by atoms with E-state index in [0.29, 0.717) is 33.0 Å². The Morgan fingerprint density at radius 2 is 1.86 bits per heavy atom. The number of carbonyl (C=O) groups excluding carboxylic acids is 5. The highest BCUT2D eigenvalue weighted by molar-refractivity contribution is 6.06. The van der Waals surface area contributed by atoms with Gasteiger partial charge in [-0.2, -0.15) is 13.2 Å². The third kappa shape index (κ3) is 5.40. The summed E-state index contributed by atoms with van der Waals surface area (Å²) in [7, 11) is 0. The maximum Gasteiger partial charge on any atom is 0.418 e. The van der Waals surface area contributed by atoms with Gasteiger partial charge in [-0.15, -0.1) is 0 Å². The van der Waals surface area contributed by atoms with Gasteiger partial charge in [-0.05, 0) is 55.2 Å². The number of alkyl halides is 3. The van der Waals surface area contributed by atoms with Gasteiger partial charge in [0, 0.05) is 30.6 Å². The van der Waals surface area contributed by atoms with Crippen LogP contribution in [0.5, 0.6) is 0 Å². The van der Waals surface area contributed by atoms with E-state index in [2.05, 4.69) is 10.6 Å². The number of amides is 5. The van der Waals surface area contributed by atoms with E-state index in [4.69, 9.17) is 4.74 Å². The first-order valence-corrected chi connectivity index (χ1v) is 13.2. The minimum absolute atomic E-state index is 0.0337. The molecule has 2 aliphatic heterocycles. The Bertz CT molecular complexity index is 1460. The topological polar surface area (TPSA) is 125 Å². The second kappa shape index (κ2) is 10.7. The van der Waals surface area contributed by atoms with Crippen molar-refractivity contribution >= 4 is 35.4 Å². The molecular formula is C28H26F4N4O6. The largest absolute Gasteiger partial charge is 0.427 e. The number of fused-ring (bicyclic) bond motifs is 2. The molecule has 5 amide bonds. The van der Waals surface area contributed by atoms with Crippen LogP contribution in [0, 0.1) is 5.82 Å². The second-order valence-electron chi connectivity index (χ2n) is 10.5. The number of imide groups is 1. The summed E-state index contributed by atoms with van der Waals surface area (Å²) in [5.74, 6) is -3.26. The minimum atomic E-state index is -4.81. The molecule has 0 aromatic heterocycles. The molecule has 42 heavy (non-hydrogen) atoms. The fourth-order valence-corrected chi connectivity index (χ4v) is 5.40. The number of hydrogen-bond acceptors (Lipinski definition) is 6. The first kappa shape index (κ1) is 29.0. The summed E-state index contributed by atoms with van der Waals surface area (Å²) in [4.78, 5) is 64.4. The molecule has 0 saturated carbocycles. The highest BCUT2D eigenvalue weighted by Gasteiger charge is 2.58. The number of aryl methyl sites for hydroxylation is 1. The molecule has 10 nitrogen and oxygen atoms in total.